The Kier molecular flexibility index (Phi) is 4.21. The Morgan fingerprint density at radius 3 is 3.24 bits per heavy atom. The molecule has 0 saturated heterocycles. The number of anilines is 1. The lowest BCUT2D eigenvalue weighted by Crippen LogP contribution is -2.28. The second kappa shape index (κ2) is 5.87. The minimum Gasteiger partial charge on any atom is -0.385 e. The van der Waals surface area contributed by atoms with Crippen LogP contribution in [0.15, 0.2) is 30.9 Å². The van der Waals surface area contributed by atoms with Crippen LogP contribution < -0.4 is 10.6 Å². The summed E-state index contributed by atoms with van der Waals surface area (Å²) in [7, 11) is 0. The van der Waals surface area contributed by atoms with E-state index in [1.807, 2.05) is 6.08 Å². The van der Waals surface area contributed by atoms with Gasteiger partial charge in [0.25, 0.3) is 0 Å². The zero-order valence-electron chi connectivity index (χ0n) is 10.6. The molecule has 0 radical (unpaired) electrons. The molecule has 1 aliphatic heterocycles. The first kappa shape index (κ1) is 12.2. The fraction of sp³-hybridized carbons (Fsp3) is 0.467. The number of benzene rings is 1. The van der Waals surface area contributed by atoms with Crippen LogP contribution in [0.25, 0.3) is 0 Å². The van der Waals surface area contributed by atoms with Gasteiger partial charge in [0.05, 0.1) is 0 Å². The number of nitrogens with one attached hydrogen (secondary N) is 2. The lowest BCUT2D eigenvalue weighted by molar-refractivity contribution is 0.580. The Hall–Kier alpha value is -1.28. The van der Waals surface area contributed by atoms with Crippen LogP contribution in [0.2, 0.25) is 0 Å². The van der Waals surface area contributed by atoms with Crippen LogP contribution in [0.5, 0.6) is 0 Å². The SMILES string of the molecule is C=CCNC(C)Cc1ccc2c(c1)CCCN2. The van der Waals surface area contributed by atoms with E-state index in [1.54, 1.807) is 0 Å². The topological polar surface area (TPSA) is 24.1 Å². The molecular weight excluding hydrogens is 208 g/mol. The van der Waals surface area contributed by atoms with Crippen molar-refractivity contribution in [2.24, 2.45) is 0 Å². The van der Waals surface area contributed by atoms with Gasteiger partial charge in [0.1, 0.15) is 0 Å². The fourth-order valence-electron chi connectivity index (χ4n) is 2.37. The van der Waals surface area contributed by atoms with Crippen LogP contribution in [0.3, 0.4) is 0 Å². The molecule has 2 N–H and O–H groups in total. The van der Waals surface area contributed by atoms with Crippen LogP contribution >= 0.6 is 0 Å². The minimum absolute atomic E-state index is 0.502. The molecule has 0 amide bonds. The third kappa shape index (κ3) is 3.34. The summed E-state index contributed by atoms with van der Waals surface area (Å²) in [4.78, 5) is 0. The molecule has 0 aromatic heterocycles. The number of rotatable bonds is 5. The van der Waals surface area contributed by atoms with Crippen molar-refractivity contribution in [1.29, 1.82) is 0 Å². The summed E-state index contributed by atoms with van der Waals surface area (Å²) in [5, 5.41) is 6.88. The average molecular weight is 230 g/mol. The van der Waals surface area contributed by atoms with Crippen molar-refractivity contribution in [2.45, 2.75) is 32.2 Å². The van der Waals surface area contributed by atoms with Gasteiger partial charge < -0.3 is 10.6 Å². The largest absolute Gasteiger partial charge is 0.385 e. The highest BCUT2D eigenvalue weighted by Gasteiger charge is 2.09. The van der Waals surface area contributed by atoms with Crippen molar-refractivity contribution in [3.05, 3.63) is 42.0 Å². The molecule has 1 unspecified atom stereocenters. The van der Waals surface area contributed by atoms with E-state index in [0.29, 0.717) is 6.04 Å². The van der Waals surface area contributed by atoms with E-state index in [4.69, 9.17) is 0 Å². The lowest BCUT2D eigenvalue weighted by Gasteiger charge is -2.20. The maximum absolute atomic E-state index is 3.73. The maximum Gasteiger partial charge on any atom is 0.0372 e. The summed E-state index contributed by atoms with van der Waals surface area (Å²) < 4.78 is 0. The number of hydrogen-bond donors (Lipinski definition) is 2. The maximum atomic E-state index is 3.73. The molecule has 0 fully saturated rings. The van der Waals surface area contributed by atoms with Crippen molar-refractivity contribution in [3.63, 3.8) is 0 Å². The van der Waals surface area contributed by atoms with Gasteiger partial charge in [-0.2, -0.15) is 0 Å². The molecule has 17 heavy (non-hydrogen) atoms. The first-order chi connectivity index (χ1) is 8.29. The number of aryl methyl sites for hydroxylation is 1. The molecule has 92 valence electrons. The van der Waals surface area contributed by atoms with Crippen molar-refractivity contribution >= 4 is 5.69 Å². The summed E-state index contributed by atoms with van der Waals surface area (Å²) in [5.74, 6) is 0. The number of fused-ring (bicyclic) bond motifs is 1. The van der Waals surface area contributed by atoms with E-state index in [-0.39, 0.29) is 0 Å². The van der Waals surface area contributed by atoms with Crippen LogP contribution in [0.1, 0.15) is 24.5 Å². The third-order valence-electron chi connectivity index (χ3n) is 3.26. The minimum atomic E-state index is 0.502. The third-order valence-corrected chi connectivity index (χ3v) is 3.26. The van der Waals surface area contributed by atoms with Gasteiger partial charge in [0.15, 0.2) is 0 Å². The van der Waals surface area contributed by atoms with E-state index in [1.165, 1.54) is 29.7 Å². The molecule has 2 rings (SSSR count). The van der Waals surface area contributed by atoms with Crippen LogP contribution in [0.4, 0.5) is 5.69 Å². The molecular formula is C15H22N2. The zero-order valence-corrected chi connectivity index (χ0v) is 10.6. The quantitative estimate of drug-likeness (QED) is 0.760. The first-order valence-electron chi connectivity index (χ1n) is 6.49. The Morgan fingerprint density at radius 2 is 2.41 bits per heavy atom. The average Bonchev–Trinajstić information content (AvgIpc) is 2.36. The molecule has 1 aliphatic rings. The summed E-state index contributed by atoms with van der Waals surface area (Å²) in [5.41, 5.74) is 4.23. The normalized spacial score (nSPS) is 15.8. The van der Waals surface area contributed by atoms with Crippen molar-refractivity contribution in [1.82, 2.24) is 5.32 Å². The lowest BCUT2D eigenvalue weighted by atomic mass is 9.98. The molecule has 0 saturated carbocycles. The van der Waals surface area contributed by atoms with Gasteiger partial charge in [-0.1, -0.05) is 18.2 Å². The smallest absolute Gasteiger partial charge is 0.0372 e. The molecule has 2 nitrogen and oxygen atoms in total. The number of hydrogen-bond acceptors (Lipinski definition) is 2. The molecule has 0 bridgehead atoms. The van der Waals surface area contributed by atoms with E-state index in [2.05, 4.69) is 42.3 Å². The van der Waals surface area contributed by atoms with Gasteiger partial charge in [-0.05, 0) is 43.4 Å². The van der Waals surface area contributed by atoms with E-state index in [9.17, 15) is 0 Å². The molecule has 0 spiro atoms. The first-order valence-corrected chi connectivity index (χ1v) is 6.49. The molecule has 1 atom stereocenters. The van der Waals surface area contributed by atoms with Crippen LogP contribution in [-0.2, 0) is 12.8 Å². The predicted molar refractivity (Wildman–Crippen MR) is 74.6 cm³/mol. The molecule has 2 heteroatoms. The highest BCUT2D eigenvalue weighted by atomic mass is 14.9. The van der Waals surface area contributed by atoms with Crippen LogP contribution in [0, 0.1) is 0 Å². The van der Waals surface area contributed by atoms with Crippen LogP contribution in [-0.4, -0.2) is 19.1 Å². The second-order valence-corrected chi connectivity index (χ2v) is 4.82. The monoisotopic (exact) mass is 230 g/mol. The van der Waals surface area contributed by atoms with Gasteiger partial charge in [0, 0.05) is 24.8 Å². The Labute approximate surface area is 104 Å². The highest BCUT2D eigenvalue weighted by Crippen LogP contribution is 2.23. The van der Waals surface area contributed by atoms with Gasteiger partial charge >= 0.3 is 0 Å². The molecule has 1 heterocycles. The highest BCUT2D eigenvalue weighted by molar-refractivity contribution is 5.54. The Balaban J connectivity index is 1.99. The van der Waals surface area contributed by atoms with E-state index >= 15 is 0 Å². The van der Waals surface area contributed by atoms with Gasteiger partial charge in [-0.25, -0.2) is 0 Å². The van der Waals surface area contributed by atoms with Gasteiger partial charge in [-0.3, -0.25) is 0 Å². The molecule has 0 aliphatic carbocycles. The van der Waals surface area contributed by atoms with Gasteiger partial charge in [0.2, 0.25) is 0 Å². The van der Waals surface area contributed by atoms with Crippen molar-refractivity contribution in [3.8, 4) is 0 Å². The Bertz CT molecular complexity index is 385. The zero-order chi connectivity index (χ0) is 12.1. The summed E-state index contributed by atoms with van der Waals surface area (Å²) in [6, 6.07) is 7.32. The van der Waals surface area contributed by atoms with E-state index < -0.39 is 0 Å². The second-order valence-electron chi connectivity index (χ2n) is 4.82. The predicted octanol–water partition coefficient (Wildman–Crippen LogP) is 2.75. The summed E-state index contributed by atoms with van der Waals surface area (Å²) in [6.45, 7) is 7.95. The van der Waals surface area contributed by atoms with Crippen molar-refractivity contribution in [2.75, 3.05) is 18.4 Å². The van der Waals surface area contributed by atoms with Crippen molar-refractivity contribution < 1.29 is 0 Å². The van der Waals surface area contributed by atoms with Gasteiger partial charge in [-0.15, -0.1) is 6.58 Å². The summed E-state index contributed by atoms with van der Waals surface area (Å²) >= 11 is 0. The Morgan fingerprint density at radius 1 is 1.53 bits per heavy atom. The molecule has 1 aromatic carbocycles. The molecule has 1 aromatic rings. The fourth-order valence-corrected chi connectivity index (χ4v) is 2.37. The standard InChI is InChI=1S/C15H22N2/c1-3-8-16-12(2)10-13-6-7-15-14(11-13)5-4-9-17-15/h3,6-7,11-12,16-17H,1,4-5,8-10H2,2H3. The van der Waals surface area contributed by atoms with E-state index in [0.717, 1.165) is 19.5 Å². The summed E-state index contributed by atoms with van der Waals surface area (Å²) in [6.07, 6.45) is 5.46.